The molecule has 5 heteroatoms. The molecule has 1 aliphatic carbocycles. The van der Waals surface area contributed by atoms with Crippen molar-refractivity contribution in [2.75, 3.05) is 5.32 Å². The second-order valence-corrected chi connectivity index (χ2v) is 6.35. The molecule has 1 fully saturated rings. The minimum Gasteiger partial charge on any atom is -0.393 e. The lowest BCUT2D eigenvalue weighted by Gasteiger charge is -2.32. The smallest absolute Gasteiger partial charge is 0.152 e. The Morgan fingerprint density at radius 1 is 1.37 bits per heavy atom. The first-order chi connectivity index (χ1) is 8.93. The molecule has 2 N–H and O–H groups in total. The van der Waals surface area contributed by atoms with Crippen LogP contribution in [-0.2, 0) is 5.41 Å². The summed E-state index contributed by atoms with van der Waals surface area (Å²) < 4.78 is 1.87. The molecule has 5 nitrogen and oxygen atoms in total. The van der Waals surface area contributed by atoms with E-state index >= 15 is 0 Å². The summed E-state index contributed by atoms with van der Waals surface area (Å²) in [5.41, 5.74) is 2.07. The number of hydrogen-bond acceptors (Lipinski definition) is 4. The molecule has 2 heterocycles. The van der Waals surface area contributed by atoms with E-state index in [1.54, 1.807) is 6.20 Å². The third-order valence-corrected chi connectivity index (χ3v) is 3.61. The zero-order valence-corrected chi connectivity index (χ0v) is 11.6. The van der Waals surface area contributed by atoms with Crippen LogP contribution in [0.1, 0.15) is 39.3 Å². The number of hydrogen-bond donors (Lipinski definition) is 2. The van der Waals surface area contributed by atoms with Gasteiger partial charge in [0.05, 0.1) is 11.8 Å². The van der Waals surface area contributed by atoms with Gasteiger partial charge in [0.25, 0.3) is 0 Å². The zero-order valence-electron chi connectivity index (χ0n) is 11.6. The van der Waals surface area contributed by atoms with E-state index in [9.17, 15) is 5.11 Å². The van der Waals surface area contributed by atoms with Crippen LogP contribution in [0.5, 0.6) is 0 Å². The van der Waals surface area contributed by atoms with Crippen LogP contribution < -0.4 is 5.32 Å². The van der Waals surface area contributed by atoms with Crippen LogP contribution in [0.3, 0.4) is 0 Å². The second-order valence-electron chi connectivity index (χ2n) is 6.35. The summed E-state index contributed by atoms with van der Waals surface area (Å²) in [7, 11) is 0. The molecule has 2 aromatic heterocycles. The highest BCUT2D eigenvalue weighted by molar-refractivity contribution is 5.68. The van der Waals surface area contributed by atoms with Gasteiger partial charge in [-0.1, -0.05) is 20.8 Å². The summed E-state index contributed by atoms with van der Waals surface area (Å²) in [4.78, 5) is 4.40. The van der Waals surface area contributed by atoms with E-state index in [0.717, 1.165) is 29.9 Å². The highest BCUT2D eigenvalue weighted by Crippen LogP contribution is 2.27. The van der Waals surface area contributed by atoms with Gasteiger partial charge in [0.1, 0.15) is 5.52 Å². The van der Waals surface area contributed by atoms with Gasteiger partial charge in [-0.15, -0.1) is 0 Å². The van der Waals surface area contributed by atoms with Crippen molar-refractivity contribution < 1.29 is 5.11 Å². The Bertz CT molecular complexity index is 593. The van der Waals surface area contributed by atoms with Gasteiger partial charge in [-0.3, -0.25) is 0 Å². The lowest BCUT2D eigenvalue weighted by molar-refractivity contribution is 0.0836. The van der Waals surface area contributed by atoms with Gasteiger partial charge >= 0.3 is 0 Å². The van der Waals surface area contributed by atoms with E-state index in [-0.39, 0.29) is 11.5 Å². The van der Waals surface area contributed by atoms with Gasteiger partial charge in [0.15, 0.2) is 5.82 Å². The molecule has 0 aromatic carbocycles. The largest absolute Gasteiger partial charge is 0.393 e. The molecular formula is C14H20N4O. The van der Waals surface area contributed by atoms with E-state index in [0.29, 0.717) is 6.04 Å². The Hall–Kier alpha value is -1.62. The van der Waals surface area contributed by atoms with Gasteiger partial charge in [-0.2, -0.15) is 5.10 Å². The van der Waals surface area contributed by atoms with E-state index in [1.165, 1.54) is 0 Å². The fraction of sp³-hybridized carbons (Fsp3) is 0.571. The monoisotopic (exact) mass is 260 g/mol. The van der Waals surface area contributed by atoms with Crippen molar-refractivity contribution in [2.45, 2.75) is 51.2 Å². The van der Waals surface area contributed by atoms with Crippen molar-refractivity contribution in [3.8, 4) is 0 Å². The van der Waals surface area contributed by atoms with Crippen molar-refractivity contribution in [3.63, 3.8) is 0 Å². The van der Waals surface area contributed by atoms with Crippen molar-refractivity contribution in [2.24, 2.45) is 0 Å². The van der Waals surface area contributed by atoms with Crippen LogP contribution in [0.15, 0.2) is 18.5 Å². The first kappa shape index (κ1) is 12.4. The highest BCUT2D eigenvalue weighted by atomic mass is 16.3. The van der Waals surface area contributed by atoms with Crippen LogP contribution in [0.4, 0.5) is 5.82 Å². The first-order valence-electron chi connectivity index (χ1n) is 6.73. The fourth-order valence-corrected chi connectivity index (χ4v) is 2.30. The predicted molar refractivity (Wildman–Crippen MR) is 74.3 cm³/mol. The number of fused-ring (bicyclic) bond motifs is 1. The van der Waals surface area contributed by atoms with Crippen molar-refractivity contribution in [3.05, 3.63) is 24.2 Å². The number of aliphatic hydroxyl groups is 1. The maximum Gasteiger partial charge on any atom is 0.152 e. The van der Waals surface area contributed by atoms with Gasteiger partial charge in [-0.25, -0.2) is 9.50 Å². The molecule has 3 rings (SSSR count). The summed E-state index contributed by atoms with van der Waals surface area (Å²) in [6, 6.07) is 2.41. The highest BCUT2D eigenvalue weighted by Gasteiger charge is 2.28. The Morgan fingerprint density at radius 3 is 2.74 bits per heavy atom. The number of nitrogens with one attached hydrogen (secondary N) is 1. The molecule has 0 unspecified atom stereocenters. The molecule has 0 spiro atoms. The average Bonchev–Trinajstić information content (AvgIpc) is 2.71. The van der Waals surface area contributed by atoms with E-state index in [4.69, 9.17) is 0 Å². The summed E-state index contributed by atoms with van der Waals surface area (Å²) in [5.74, 6) is 0.849. The third kappa shape index (κ3) is 2.30. The Morgan fingerprint density at radius 2 is 2.11 bits per heavy atom. The maximum absolute atomic E-state index is 9.34. The van der Waals surface area contributed by atoms with Gasteiger partial charge in [-0.05, 0) is 18.9 Å². The summed E-state index contributed by atoms with van der Waals surface area (Å²) in [6.07, 6.45) is 5.05. The minimum atomic E-state index is -0.160. The summed E-state index contributed by atoms with van der Waals surface area (Å²) >= 11 is 0. The number of aliphatic hydroxyl groups excluding tert-OH is 1. The third-order valence-electron chi connectivity index (χ3n) is 3.61. The number of anilines is 1. The second kappa shape index (κ2) is 4.20. The quantitative estimate of drug-likeness (QED) is 0.866. The normalized spacial score (nSPS) is 23.4. The molecule has 0 radical (unpaired) electrons. The zero-order chi connectivity index (χ0) is 13.6. The number of aromatic nitrogens is 3. The molecule has 0 bridgehead atoms. The van der Waals surface area contributed by atoms with Gasteiger partial charge in [0, 0.05) is 23.9 Å². The Kier molecular flexibility index (Phi) is 2.74. The molecule has 0 amide bonds. The van der Waals surface area contributed by atoms with Crippen LogP contribution in [0, 0.1) is 0 Å². The molecule has 2 aromatic rings. The molecule has 0 atom stereocenters. The minimum absolute atomic E-state index is 0.0238. The maximum atomic E-state index is 9.34. The van der Waals surface area contributed by atoms with Crippen molar-refractivity contribution >= 4 is 11.3 Å². The van der Waals surface area contributed by atoms with Crippen LogP contribution in [0.2, 0.25) is 0 Å². The van der Waals surface area contributed by atoms with Crippen molar-refractivity contribution in [1.82, 2.24) is 14.6 Å². The lowest BCUT2D eigenvalue weighted by atomic mass is 9.89. The first-order valence-corrected chi connectivity index (χ1v) is 6.73. The lowest BCUT2D eigenvalue weighted by Crippen LogP contribution is -2.39. The molecular weight excluding hydrogens is 240 g/mol. The topological polar surface area (TPSA) is 62.5 Å². The van der Waals surface area contributed by atoms with Gasteiger partial charge < -0.3 is 10.4 Å². The number of nitrogens with zero attached hydrogens (tertiary/aromatic N) is 3. The average molecular weight is 260 g/mol. The van der Waals surface area contributed by atoms with Crippen LogP contribution in [-0.4, -0.2) is 31.9 Å². The molecule has 19 heavy (non-hydrogen) atoms. The van der Waals surface area contributed by atoms with E-state index in [1.807, 2.05) is 10.7 Å². The molecule has 1 saturated carbocycles. The SMILES string of the molecule is CC(C)(C)c1cc2c(NC3CC(O)C3)nccn2n1. The molecule has 102 valence electrons. The van der Waals surface area contributed by atoms with Crippen LogP contribution >= 0.6 is 0 Å². The molecule has 0 saturated heterocycles. The standard InChI is InChI=1S/C14H20N4O/c1-14(2,3)12-8-11-13(15-4-5-18(11)17-12)16-9-6-10(19)7-9/h4-5,8-10,19H,6-7H2,1-3H3,(H,15,16). The van der Waals surface area contributed by atoms with Crippen molar-refractivity contribution in [1.29, 1.82) is 0 Å². The molecule has 0 aliphatic heterocycles. The Balaban J connectivity index is 1.93. The van der Waals surface area contributed by atoms with E-state index in [2.05, 4.69) is 42.2 Å². The fourth-order valence-electron chi connectivity index (χ4n) is 2.30. The van der Waals surface area contributed by atoms with Crippen LogP contribution in [0.25, 0.3) is 5.52 Å². The molecule has 1 aliphatic rings. The predicted octanol–water partition coefficient (Wildman–Crippen LogP) is 1.96. The van der Waals surface area contributed by atoms with Gasteiger partial charge in [0.2, 0.25) is 0 Å². The summed E-state index contributed by atoms with van der Waals surface area (Å²) in [6.45, 7) is 6.45. The van der Waals surface area contributed by atoms with E-state index < -0.39 is 0 Å². The Labute approximate surface area is 112 Å². The summed E-state index contributed by atoms with van der Waals surface area (Å²) in [5, 5.41) is 17.3. The number of rotatable bonds is 2.